The molecule has 116 valence electrons. The van der Waals surface area contributed by atoms with E-state index in [1.165, 1.54) is 0 Å². The fraction of sp³-hybridized carbons (Fsp3) is 0.857. The molecule has 0 spiro atoms. The first-order valence-corrected chi connectivity index (χ1v) is 7.37. The summed E-state index contributed by atoms with van der Waals surface area (Å²) in [7, 11) is 0. The van der Waals surface area contributed by atoms with Crippen molar-refractivity contribution in [2.75, 3.05) is 26.3 Å². The summed E-state index contributed by atoms with van der Waals surface area (Å²) in [5, 5.41) is 2.82. The normalized spacial score (nSPS) is 20.9. The Morgan fingerprint density at radius 3 is 2.75 bits per heavy atom. The van der Waals surface area contributed by atoms with Gasteiger partial charge in [0.25, 0.3) is 0 Å². The second-order valence-electron chi connectivity index (χ2n) is 5.58. The highest BCUT2D eigenvalue weighted by molar-refractivity contribution is 5.88. The minimum atomic E-state index is -0.526. The Hall–Kier alpha value is -1.14. The molecule has 0 bridgehead atoms. The van der Waals surface area contributed by atoms with E-state index in [9.17, 15) is 9.59 Å². The van der Waals surface area contributed by atoms with Crippen LogP contribution in [0.3, 0.4) is 0 Å². The summed E-state index contributed by atoms with van der Waals surface area (Å²) >= 11 is 0. The van der Waals surface area contributed by atoms with Crippen LogP contribution in [0.15, 0.2) is 0 Å². The first-order valence-electron chi connectivity index (χ1n) is 7.37. The quantitative estimate of drug-likeness (QED) is 0.725. The van der Waals surface area contributed by atoms with Crippen molar-refractivity contribution in [3.63, 3.8) is 0 Å². The minimum Gasteiger partial charge on any atom is -0.377 e. The number of nitrogens with two attached hydrogens (primary N) is 1. The van der Waals surface area contributed by atoms with Crippen LogP contribution >= 0.6 is 0 Å². The molecule has 0 saturated carbocycles. The van der Waals surface area contributed by atoms with Gasteiger partial charge in [-0.15, -0.1) is 0 Å². The average molecular weight is 285 g/mol. The van der Waals surface area contributed by atoms with Crippen molar-refractivity contribution >= 4 is 11.8 Å². The van der Waals surface area contributed by atoms with E-state index in [1.54, 1.807) is 4.90 Å². The summed E-state index contributed by atoms with van der Waals surface area (Å²) in [6.45, 7) is 7.77. The van der Waals surface area contributed by atoms with Gasteiger partial charge in [0.1, 0.15) is 6.04 Å². The summed E-state index contributed by atoms with van der Waals surface area (Å²) in [5.74, 6) is 0.0384. The van der Waals surface area contributed by atoms with E-state index in [4.69, 9.17) is 10.5 Å². The molecule has 6 nitrogen and oxygen atoms in total. The first-order chi connectivity index (χ1) is 9.47. The Morgan fingerprint density at radius 2 is 2.15 bits per heavy atom. The van der Waals surface area contributed by atoms with E-state index in [-0.39, 0.29) is 36.8 Å². The van der Waals surface area contributed by atoms with Gasteiger partial charge in [-0.05, 0) is 12.3 Å². The number of nitrogens with one attached hydrogen (secondary N) is 1. The zero-order valence-corrected chi connectivity index (χ0v) is 12.7. The molecule has 2 unspecified atom stereocenters. The van der Waals surface area contributed by atoms with Crippen LogP contribution in [0.25, 0.3) is 0 Å². The number of carbonyl (C=O) groups is 2. The van der Waals surface area contributed by atoms with Crippen LogP contribution in [0.2, 0.25) is 0 Å². The molecule has 0 aromatic rings. The topological polar surface area (TPSA) is 84.7 Å². The number of hydrogen-bond acceptors (Lipinski definition) is 4. The first kappa shape index (κ1) is 16.9. The van der Waals surface area contributed by atoms with Gasteiger partial charge < -0.3 is 20.7 Å². The standard InChI is InChI=1S/C14H27N3O3/c1-4-5-16-14(19)12-9-20-7-6-17(12)13(18)8-11(15)10(2)3/h10-12H,4-9,15H2,1-3H3,(H,16,19). The molecule has 1 aliphatic heterocycles. The van der Waals surface area contributed by atoms with Crippen LogP contribution in [0.1, 0.15) is 33.6 Å². The molecule has 1 rings (SSSR count). The van der Waals surface area contributed by atoms with Crippen LogP contribution < -0.4 is 11.1 Å². The van der Waals surface area contributed by atoms with E-state index in [1.807, 2.05) is 20.8 Å². The molecule has 1 fully saturated rings. The van der Waals surface area contributed by atoms with Gasteiger partial charge in [-0.3, -0.25) is 9.59 Å². The maximum Gasteiger partial charge on any atom is 0.245 e. The second kappa shape index (κ2) is 8.21. The lowest BCUT2D eigenvalue weighted by molar-refractivity contribution is -0.148. The van der Waals surface area contributed by atoms with Crippen LogP contribution in [0.5, 0.6) is 0 Å². The van der Waals surface area contributed by atoms with Crippen molar-refractivity contribution in [2.24, 2.45) is 11.7 Å². The maximum atomic E-state index is 12.3. The molecule has 2 amide bonds. The average Bonchev–Trinajstić information content (AvgIpc) is 2.44. The zero-order chi connectivity index (χ0) is 15.1. The fourth-order valence-corrected chi connectivity index (χ4v) is 2.04. The molecule has 0 aromatic carbocycles. The van der Waals surface area contributed by atoms with E-state index in [0.29, 0.717) is 19.7 Å². The number of ether oxygens (including phenoxy) is 1. The van der Waals surface area contributed by atoms with Crippen molar-refractivity contribution < 1.29 is 14.3 Å². The van der Waals surface area contributed by atoms with Gasteiger partial charge in [0.2, 0.25) is 11.8 Å². The predicted molar refractivity (Wildman–Crippen MR) is 77.1 cm³/mol. The molecule has 0 radical (unpaired) electrons. The van der Waals surface area contributed by atoms with Crippen molar-refractivity contribution in [3.05, 3.63) is 0 Å². The van der Waals surface area contributed by atoms with Gasteiger partial charge in [0, 0.05) is 25.6 Å². The van der Waals surface area contributed by atoms with E-state index < -0.39 is 6.04 Å². The largest absolute Gasteiger partial charge is 0.377 e. The highest BCUT2D eigenvalue weighted by atomic mass is 16.5. The minimum absolute atomic E-state index is 0.0638. The summed E-state index contributed by atoms with van der Waals surface area (Å²) in [4.78, 5) is 26.0. The van der Waals surface area contributed by atoms with Gasteiger partial charge >= 0.3 is 0 Å². The number of morpholine rings is 1. The Labute approximate surface area is 121 Å². The second-order valence-corrected chi connectivity index (χ2v) is 5.58. The van der Waals surface area contributed by atoms with E-state index in [2.05, 4.69) is 5.32 Å². The van der Waals surface area contributed by atoms with E-state index in [0.717, 1.165) is 6.42 Å². The molecule has 2 atom stereocenters. The fourth-order valence-electron chi connectivity index (χ4n) is 2.04. The van der Waals surface area contributed by atoms with Crippen molar-refractivity contribution in [1.82, 2.24) is 10.2 Å². The van der Waals surface area contributed by atoms with Crippen LogP contribution in [-0.2, 0) is 14.3 Å². The van der Waals surface area contributed by atoms with Gasteiger partial charge in [-0.25, -0.2) is 0 Å². The van der Waals surface area contributed by atoms with Crippen LogP contribution in [-0.4, -0.2) is 55.1 Å². The lowest BCUT2D eigenvalue weighted by Crippen LogP contribution is -2.56. The number of rotatable bonds is 6. The van der Waals surface area contributed by atoms with E-state index >= 15 is 0 Å². The lowest BCUT2D eigenvalue weighted by atomic mass is 10.0. The molecular weight excluding hydrogens is 258 g/mol. The highest BCUT2D eigenvalue weighted by Gasteiger charge is 2.33. The SMILES string of the molecule is CCCNC(=O)C1COCCN1C(=O)CC(N)C(C)C. The number of nitrogens with zero attached hydrogens (tertiary/aromatic N) is 1. The summed E-state index contributed by atoms with van der Waals surface area (Å²) < 4.78 is 5.33. The van der Waals surface area contributed by atoms with Gasteiger partial charge in [-0.2, -0.15) is 0 Å². The molecule has 0 aromatic heterocycles. The lowest BCUT2D eigenvalue weighted by Gasteiger charge is -2.35. The smallest absolute Gasteiger partial charge is 0.245 e. The third-order valence-corrected chi connectivity index (χ3v) is 3.57. The molecule has 1 heterocycles. The Morgan fingerprint density at radius 1 is 1.45 bits per heavy atom. The van der Waals surface area contributed by atoms with Gasteiger partial charge in [0.15, 0.2) is 0 Å². The summed E-state index contributed by atoms with van der Waals surface area (Å²) in [5.41, 5.74) is 5.95. The molecule has 0 aliphatic carbocycles. The predicted octanol–water partition coefficient (Wildman–Crippen LogP) is 0.113. The summed E-state index contributed by atoms with van der Waals surface area (Å²) in [6, 6.07) is -0.702. The zero-order valence-electron chi connectivity index (χ0n) is 12.7. The molecule has 20 heavy (non-hydrogen) atoms. The highest BCUT2D eigenvalue weighted by Crippen LogP contribution is 2.12. The van der Waals surface area contributed by atoms with Crippen LogP contribution in [0.4, 0.5) is 0 Å². The van der Waals surface area contributed by atoms with Crippen molar-refractivity contribution in [3.8, 4) is 0 Å². The molecule has 6 heteroatoms. The summed E-state index contributed by atoms with van der Waals surface area (Å²) in [6.07, 6.45) is 1.14. The molecular formula is C14H27N3O3. The number of amides is 2. The number of hydrogen-bond donors (Lipinski definition) is 2. The molecule has 1 saturated heterocycles. The van der Waals surface area contributed by atoms with Crippen molar-refractivity contribution in [2.45, 2.75) is 45.7 Å². The third-order valence-electron chi connectivity index (χ3n) is 3.57. The molecule has 3 N–H and O–H groups in total. The van der Waals surface area contributed by atoms with Crippen molar-refractivity contribution in [1.29, 1.82) is 0 Å². The van der Waals surface area contributed by atoms with Gasteiger partial charge in [0.05, 0.1) is 13.2 Å². The Kier molecular flexibility index (Phi) is 6.95. The van der Waals surface area contributed by atoms with Gasteiger partial charge in [-0.1, -0.05) is 20.8 Å². The maximum absolute atomic E-state index is 12.3. The Balaban J connectivity index is 2.63. The molecule has 1 aliphatic rings. The number of carbonyl (C=O) groups excluding carboxylic acids is 2. The Bertz CT molecular complexity index is 334. The monoisotopic (exact) mass is 285 g/mol. The third kappa shape index (κ3) is 4.76. The van der Waals surface area contributed by atoms with Crippen LogP contribution in [0, 0.1) is 5.92 Å².